The number of rotatable bonds is 4. The van der Waals surface area contributed by atoms with Crippen LogP contribution in [0.1, 0.15) is 11.1 Å². The minimum atomic E-state index is 1.16. The summed E-state index contributed by atoms with van der Waals surface area (Å²) in [6, 6.07) is 67.2. The van der Waals surface area contributed by atoms with Crippen LogP contribution in [0.4, 0.5) is 0 Å². The number of benzene rings is 9. The van der Waals surface area contributed by atoms with Gasteiger partial charge in [0.05, 0.1) is 22.1 Å². The average molecular weight is 689 g/mol. The first-order chi connectivity index (χ1) is 26.7. The van der Waals surface area contributed by atoms with Gasteiger partial charge in [-0.2, -0.15) is 0 Å². The Bertz CT molecular complexity index is 2970. The number of hydrogen-bond acceptors (Lipinski definition) is 0. The predicted molar refractivity (Wildman–Crippen MR) is 230 cm³/mol. The summed E-state index contributed by atoms with van der Waals surface area (Å²) in [4.78, 5) is 0. The summed E-state index contributed by atoms with van der Waals surface area (Å²) in [6.45, 7) is 4.48. The van der Waals surface area contributed by atoms with Gasteiger partial charge in [0, 0.05) is 32.9 Å². The first kappa shape index (κ1) is 30.7. The van der Waals surface area contributed by atoms with Crippen molar-refractivity contribution in [1.82, 2.24) is 9.13 Å². The normalized spacial score (nSPS) is 11.9. The van der Waals surface area contributed by atoms with Gasteiger partial charge in [0.1, 0.15) is 0 Å². The van der Waals surface area contributed by atoms with Crippen molar-refractivity contribution < 1.29 is 0 Å². The highest BCUT2D eigenvalue weighted by Crippen LogP contribution is 2.47. The molecule has 2 heterocycles. The molecule has 9 aromatic carbocycles. The Morgan fingerprint density at radius 1 is 0.278 bits per heavy atom. The fourth-order valence-corrected chi connectivity index (χ4v) is 9.17. The highest BCUT2D eigenvalue weighted by Gasteiger charge is 2.22. The van der Waals surface area contributed by atoms with E-state index >= 15 is 0 Å². The van der Waals surface area contributed by atoms with Gasteiger partial charge in [-0.05, 0) is 117 Å². The van der Waals surface area contributed by atoms with Crippen LogP contribution in [0.5, 0.6) is 0 Å². The zero-order chi connectivity index (χ0) is 35.9. The second kappa shape index (κ2) is 11.8. The summed E-state index contributed by atoms with van der Waals surface area (Å²) in [7, 11) is 0. The fraction of sp³-hybridized carbons (Fsp3) is 0.0385. The van der Waals surface area contributed by atoms with Crippen LogP contribution < -0.4 is 0 Å². The third-order valence-corrected chi connectivity index (χ3v) is 11.6. The van der Waals surface area contributed by atoms with Crippen molar-refractivity contribution in [1.29, 1.82) is 0 Å². The van der Waals surface area contributed by atoms with Gasteiger partial charge in [-0.25, -0.2) is 0 Å². The van der Waals surface area contributed by atoms with E-state index in [0.717, 1.165) is 11.4 Å². The first-order valence-corrected chi connectivity index (χ1v) is 18.8. The monoisotopic (exact) mass is 688 g/mol. The molecule has 11 rings (SSSR count). The lowest BCUT2D eigenvalue weighted by atomic mass is 9.83. The molecule has 2 nitrogen and oxygen atoms in total. The number of para-hydroxylation sites is 4. The van der Waals surface area contributed by atoms with E-state index in [-0.39, 0.29) is 0 Å². The van der Waals surface area contributed by atoms with Crippen LogP contribution in [0.2, 0.25) is 0 Å². The zero-order valence-electron chi connectivity index (χ0n) is 30.2. The lowest BCUT2D eigenvalue weighted by molar-refractivity contribution is 1.18. The Hall–Kier alpha value is -6.90. The SMILES string of the molecule is Cc1ccccc1-c1c2ccc(-n3c4ccccc4c4ccccc43)cc2c(-c2ccccc2C)c2ccc(-n3c4ccccc4c4ccccc43)cc12. The maximum Gasteiger partial charge on any atom is 0.0541 e. The maximum atomic E-state index is 2.44. The summed E-state index contributed by atoms with van der Waals surface area (Å²) >= 11 is 0. The van der Waals surface area contributed by atoms with Crippen molar-refractivity contribution in [3.8, 4) is 33.6 Å². The Labute approximate surface area is 313 Å². The minimum Gasteiger partial charge on any atom is -0.309 e. The quantitative estimate of drug-likeness (QED) is 0.163. The smallest absolute Gasteiger partial charge is 0.0541 e. The number of nitrogens with zero attached hydrogens (tertiary/aromatic N) is 2. The summed E-state index contributed by atoms with van der Waals surface area (Å²) < 4.78 is 4.88. The molecule has 2 aromatic heterocycles. The van der Waals surface area contributed by atoms with Crippen LogP contribution in [0, 0.1) is 13.8 Å². The molecular formula is C52H36N2. The van der Waals surface area contributed by atoms with Crippen LogP contribution in [0.3, 0.4) is 0 Å². The maximum absolute atomic E-state index is 2.44. The van der Waals surface area contributed by atoms with Crippen molar-refractivity contribution in [2.75, 3.05) is 0 Å². The molecular weight excluding hydrogens is 653 g/mol. The predicted octanol–water partition coefficient (Wildman–Crippen LogP) is 14.1. The van der Waals surface area contributed by atoms with Gasteiger partial charge in [-0.15, -0.1) is 0 Å². The van der Waals surface area contributed by atoms with Crippen molar-refractivity contribution >= 4 is 65.2 Å². The molecule has 0 saturated heterocycles. The van der Waals surface area contributed by atoms with E-state index in [1.165, 1.54) is 98.5 Å². The molecule has 0 fully saturated rings. The van der Waals surface area contributed by atoms with E-state index in [1.54, 1.807) is 0 Å². The molecule has 0 spiro atoms. The van der Waals surface area contributed by atoms with Crippen LogP contribution in [-0.4, -0.2) is 9.13 Å². The largest absolute Gasteiger partial charge is 0.309 e. The molecule has 0 atom stereocenters. The van der Waals surface area contributed by atoms with Crippen LogP contribution in [-0.2, 0) is 0 Å². The average Bonchev–Trinajstić information content (AvgIpc) is 3.74. The molecule has 0 aliphatic rings. The molecule has 0 amide bonds. The molecule has 0 aliphatic heterocycles. The highest BCUT2D eigenvalue weighted by atomic mass is 15.0. The summed E-state index contributed by atoms with van der Waals surface area (Å²) in [6.07, 6.45) is 0. The summed E-state index contributed by atoms with van der Waals surface area (Å²) in [5.41, 5.74) is 14.8. The van der Waals surface area contributed by atoms with Crippen molar-refractivity contribution in [2.45, 2.75) is 13.8 Å². The van der Waals surface area contributed by atoms with Gasteiger partial charge in [-0.1, -0.05) is 133 Å². The Kier molecular flexibility index (Phi) is 6.72. The zero-order valence-corrected chi connectivity index (χ0v) is 30.2. The molecule has 0 radical (unpaired) electrons. The topological polar surface area (TPSA) is 9.86 Å². The lowest BCUT2D eigenvalue weighted by Crippen LogP contribution is -1.99. The number of aryl methyl sites for hydroxylation is 2. The molecule has 254 valence electrons. The number of hydrogen-bond donors (Lipinski definition) is 0. The number of fused-ring (bicyclic) bond motifs is 8. The van der Waals surface area contributed by atoms with Gasteiger partial charge in [0.15, 0.2) is 0 Å². The van der Waals surface area contributed by atoms with Crippen LogP contribution in [0.25, 0.3) is 98.8 Å². The minimum absolute atomic E-state index is 1.16. The van der Waals surface area contributed by atoms with Crippen LogP contribution in [0.15, 0.2) is 182 Å². The Morgan fingerprint density at radius 3 is 0.944 bits per heavy atom. The summed E-state index contributed by atoms with van der Waals surface area (Å²) in [5, 5.41) is 10.1. The molecule has 0 N–H and O–H groups in total. The number of aromatic nitrogens is 2. The van der Waals surface area contributed by atoms with Gasteiger partial charge in [-0.3, -0.25) is 0 Å². The Balaban J connectivity index is 1.31. The third kappa shape index (κ3) is 4.41. The molecule has 2 heteroatoms. The second-order valence-corrected chi connectivity index (χ2v) is 14.6. The van der Waals surface area contributed by atoms with Crippen molar-refractivity contribution in [2.24, 2.45) is 0 Å². The first-order valence-electron chi connectivity index (χ1n) is 18.8. The molecule has 0 bridgehead atoms. The molecule has 11 aromatic rings. The fourth-order valence-electron chi connectivity index (χ4n) is 9.17. The van der Waals surface area contributed by atoms with E-state index < -0.39 is 0 Å². The molecule has 0 aliphatic carbocycles. The van der Waals surface area contributed by atoms with Gasteiger partial charge >= 0.3 is 0 Å². The summed E-state index contributed by atoms with van der Waals surface area (Å²) in [5.74, 6) is 0. The van der Waals surface area contributed by atoms with Gasteiger partial charge < -0.3 is 9.13 Å². The van der Waals surface area contributed by atoms with E-state index in [0.29, 0.717) is 0 Å². The third-order valence-electron chi connectivity index (χ3n) is 11.6. The molecule has 0 saturated carbocycles. The van der Waals surface area contributed by atoms with Crippen molar-refractivity contribution in [3.63, 3.8) is 0 Å². The molecule has 0 unspecified atom stereocenters. The van der Waals surface area contributed by atoms with E-state index in [1.807, 2.05) is 0 Å². The molecule has 54 heavy (non-hydrogen) atoms. The second-order valence-electron chi connectivity index (χ2n) is 14.6. The van der Waals surface area contributed by atoms with Crippen molar-refractivity contribution in [3.05, 3.63) is 193 Å². The lowest BCUT2D eigenvalue weighted by Gasteiger charge is -2.22. The van der Waals surface area contributed by atoms with Gasteiger partial charge in [0.25, 0.3) is 0 Å². The van der Waals surface area contributed by atoms with E-state index in [4.69, 9.17) is 0 Å². The standard InChI is InChI=1S/C52H36N2/c1-33-15-3-5-17-37(33)51-43-29-27-36(54-49-25-13-9-21-41(49)42-22-10-14-26-50(42)54)32-46(43)52(38-18-6-4-16-34(38)2)44-30-28-35(31-45(44)51)53-47-23-11-7-19-39(47)40-20-8-12-24-48(40)53/h3-32H,1-2H3. The van der Waals surface area contributed by atoms with E-state index in [2.05, 4.69) is 205 Å². The van der Waals surface area contributed by atoms with Gasteiger partial charge in [0.2, 0.25) is 0 Å². The highest BCUT2D eigenvalue weighted by molar-refractivity contribution is 6.23. The van der Waals surface area contributed by atoms with Crippen LogP contribution >= 0.6 is 0 Å². The van der Waals surface area contributed by atoms with E-state index in [9.17, 15) is 0 Å². The Morgan fingerprint density at radius 2 is 0.593 bits per heavy atom.